The van der Waals surface area contributed by atoms with E-state index in [4.69, 9.17) is 21.6 Å². The molecule has 19 heavy (non-hydrogen) atoms. The van der Waals surface area contributed by atoms with Crippen LogP contribution in [0.1, 0.15) is 11.1 Å². The molecular formula is C14H8ClF2NO. The fraction of sp³-hybridized carbons (Fsp3) is 0.0714. The van der Waals surface area contributed by atoms with Crippen LogP contribution >= 0.6 is 11.6 Å². The van der Waals surface area contributed by atoms with Crippen molar-refractivity contribution in [2.24, 2.45) is 0 Å². The lowest BCUT2D eigenvalue weighted by Gasteiger charge is -2.10. The molecule has 0 aliphatic rings. The molecule has 0 aliphatic carbocycles. The van der Waals surface area contributed by atoms with Gasteiger partial charge >= 0.3 is 0 Å². The molecule has 0 amide bonds. The SMILES string of the molecule is N#Cc1ccc(Oc2c(F)cccc2CCl)cc1F. The average molecular weight is 280 g/mol. The van der Waals surface area contributed by atoms with E-state index in [-0.39, 0.29) is 22.9 Å². The molecule has 0 fully saturated rings. The van der Waals surface area contributed by atoms with E-state index >= 15 is 0 Å². The highest BCUT2D eigenvalue weighted by atomic mass is 35.5. The zero-order chi connectivity index (χ0) is 13.8. The zero-order valence-corrected chi connectivity index (χ0v) is 10.4. The molecule has 0 N–H and O–H groups in total. The molecule has 0 heterocycles. The summed E-state index contributed by atoms with van der Waals surface area (Å²) >= 11 is 5.69. The summed E-state index contributed by atoms with van der Waals surface area (Å²) in [7, 11) is 0. The quantitative estimate of drug-likeness (QED) is 0.782. The summed E-state index contributed by atoms with van der Waals surface area (Å²) in [6.45, 7) is 0. The Bertz CT molecular complexity index is 652. The molecule has 0 saturated carbocycles. The molecular weight excluding hydrogens is 272 g/mol. The largest absolute Gasteiger partial charge is 0.454 e. The van der Waals surface area contributed by atoms with Gasteiger partial charge in [0.15, 0.2) is 11.6 Å². The summed E-state index contributed by atoms with van der Waals surface area (Å²) in [6, 6.07) is 9.75. The standard InChI is InChI=1S/C14H8ClF2NO/c15-7-9-2-1-3-12(16)14(9)19-11-5-4-10(8-18)13(17)6-11/h1-6H,7H2. The first-order valence-corrected chi connectivity index (χ1v) is 5.90. The van der Waals surface area contributed by atoms with Crippen molar-refractivity contribution in [3.05, 3.63) is 59.2 Å². The number of nitriles is 1. The monoisotopic (exact) mass is 279 g/mol. The molecule has 0 aromatic heterocycles. The minimum Gasteiger partial charge on any atom is -0.454 e. The molecule has 2 aromatic carbocycles. The first-order valence-electron chi connectivity index (χ1n) is 5.36. The van der Waals surface area contributed by atoms with Crippen LogP contribution in [0.5, 0.6) is 11.5 Å². The van der Waals surface area contributed by atoms with Gasteiger partial charge in [-0.25, -0.2) is 8.78 Å². The Morgan fingerprint density at radius 3 is 2.58 bits per heavy atom. The van der Waals surface area contributed by atoms with Crippen LogP contribution in [0.4, 0.5) is 8.78 Å². The first kappa shape index (κ1) is 13.3. The van der Waals surface area contributed by atoms with Gasteiger partial charge in [-0.2, -0.15) is 5.26 Å². The number of ether oxygens (including phenoxy) is 1. The minimum atomic E-state index is -0.719. The third-order valence-corrected chi connectivity index (χ3v) is 2.76. The average Bonchev–Trinajstić information content (AvgIpc) is 2.41. The predicted octanol–water partition coefficient (Wildman–Crippen LogP) is 4.37. The Labute approximate surface area is 113 Å². The molecule has 2 aromatic rings. The van der Waals surface area contributed by atoms with Crippen molar-refractivity contribution in [1.29, 1.82) is 5.26 Å². The molecule has 0 atom stereocenters. The van der Waals surface area contributed by atoms with Crippen molar-refractivity contribution in [1.82, 2.24) is 0 Å². The van der Waals surface area contributed by atoms with Gasteiger partial charge in [0, 0.05) is 11.6 Å². The number of nitrogens with zero attached hydrogens (tertiary/aromatic N) is 1. The molecule has 96 valence electrons. The van der Waals surface area contributed by atoms with E-state index in [0.29, 0.717) is 5.56 Å². The number of alkyl halides is 1. The molecule has 0 aliphatic heterocycles. The van der Waals surface area contributed by atoms with E-state index in [0.717, 1.165) is 6.07 Å². The highest BCUT2D eigenvalue weighted by molar-refractivity contribution is 6.17. The Balaban J connectivity index is 2.37. The van der Waals surface area contributed by atoms with E-state index in [2.05, 4.69) is 0 Å². The van der Waals surface area contributed by atoms with Gasteiger partial charge in [0.1, 0.15) is 17.6 Å². The molecule has 0 radical (unpaired) electrons. The second-order valence-corrected chi connectivity index (χ2v) is 3.98. The third-order valence-electron chi connectivity index (χ3n) is 2.47. The van der Waals surface area contributed by atoms with E-state index in [9.17, 15) is 8.78 Å². The number of halogens is 3. The van der Waals surface area contributed by atoms with Crippen molar-refractivity contribution in [2.75, 3.05) is 0 Å². The van der Waals surface area contributed by atoms with Crippen LogP contribution in [0.25, 0.3) is 0 Å². The predicted molar refractivity (Wildman–Crippen MR) is 67.1 cm³/mol. The topological polar surface area (TPSA) is 33.0 Å². The van der Waals surface area contributed by atoms with Gasteiger partial charge in [0.2, 0.25) is 0 Å². The lowest BCUT2D eigenvalue weighted by Crippen LogP contribution is -1.94. The molecule has 0 unspecified atom stereocenters. The van der Waals surface area contributed by atoms with Crippen LogP contribution in [-0.2, 0) is 5.88 Å². The lowest BCUT2D eigenvalue weighted by molar-refractivity contribution is 0.434. The maximum atomic E-state index is 13.6. The van der Waals surface area contributed by atoms with Crippen molar-refractivity contribution >= 4 is 11.6 Å². The van der Waals surface area contributed by atoms with Crippen LogP contribution in [-0.4, -0.2) is 0 Å². The van der Waals surface area contributed by atoms with Crippen molar-refractivity contribution in [3.8, 4) is 17.6 Å². The number of para-hydroxylation sites is 1. The van der Waals surface area contributed by atoms with Crippen molar-refractivity contribution in [2.45, 2.75) is 5.88 Å². The zero-order valence-electron chi connectivity index (χ0n) is 9.66. The Morgan fingerprint density at radius 2 is 1.95 bits per heavy atom. The maximum absolute atomic E-state index is 13.6. The smallest absolute Gasteiger partial charge is 0.167 e. The molecule has 0 saturated heterocycles. The summed E-state index contributed by atoms with van der Waals surface area (Å²) in [5.41, 5.74) is 0.366. The summed E-state index contributed by atoms with van der Waals surface area (Å²) in [5, 5.41) is 8.62. The third kappa shape index (κ3) is 2.83. The first-order chi connectivity index (χ1) is 9.15. The fourth-order valence-corrected chi connectivity index (χ4v) is 1.75. The molecule has 0 spiro atoms. The molecule has 0 bridgehead atoms. The Morgan fingerprint density at radius 1 is 1.16 bits per heavy atom. The van der Waals surface area contributed by atoms with Gasteiger partial charge < -0.3 is 4.74 Å². The number of benzene rings is 2. The maximum Gasteiger partial charge on any atom is 0.167 e. The van der Waals surface area contributed by atoms with Crippen LogP contribution in [0.2, 0.25) is 0 Å². The van der Waals surface area contributed by atoms with Gasteiger partial charge in [-0.05, 0) is 18.2 Å². The van der Waals surface area contributed by atoms with Gasteiger partial charge in [-0.15, -0.1) is 11.6 Å². The summed E-state index contributed by atoms with van der Waals surface area (Å²) in [6.07, 6.45) is 0. The van der Waals surface area contributed by atoms with Gasteiger partial charge in [0.05, 0.1) is 11.4 Å². The van der Waals surface area contributed by atoms with E-state index in [1.807, 2.05) is 0 Å². The second kappa shape index (κ2) is 5.68. The van der Waals surface area contributed by atoms with Crippen molar-refractivity contribution < 1.29 is 13.5 Å². The van der Waals surface area contributed by atoms with Crippen LogP contribution in [0, 0.1) is 23.0 Å². The molecule has 5 heteroatoms. The highest BCUT2D eigenvalue weighted by Crippen LogP contribution is 2.30. The normalized spacial score (nSPS) is 10.0. The minimum absolute atomic E-state index is 0.0402. The summed E-state index contributed by atoms with van der Waals surface area (Å²) in [5.74, 6) is -1.16. The van der Waals surface area contributed by atoms with Crippen LogP contribution in [0.15, 0.2) is 36.4 Å². The summed E-state index contributed by atoms with van der Waals surface area (Å²) < 4.78 is 32.4. The van der Waals surface area contributed by atoms with Crippen LogP contribution in [0.3, 0.4) is 0 Å². The van der Waals surface area contributed by atoms with Crippen LogP contribution < -0.4 is 4.74 Å². The number of hydrogen-bond donors (Lipinski definition) is 0. The summed E-state index contributed by atoms with van der Waals surface area (Å²) in [4.78, 5) is 0. The van der Waals surface area contributed by atoms with E-state index < -0.39 is 11.6 Å². The Kier molecular flexibility index (Phi) is 3.98. The molecule has 2 nitrogen and oxygen atoms in total. The number of hydrogen-bond acceptors (Lipinski definition) is 2. The second-order valence-electron chi connectivity index (χ2n) is 3.72. The fourth-order valence-electron chi connectivity index (χ4n) is 1.54. The van der Waals surface area contributed by atoms with Gasteiger partial charge in [-0.3, -0.25) is 0 Å². The van der Waals surface area contributed by atoms with E-state index in [1.54, 1.807) is 12.1 Å². The number of rotatable bonds is 3. The highest BCUT2D eigenvalue weighted by Gasteiger charge is 2.11. The van der Waals surface area contributed by atoms with Crippen molar-refractivity contribution in [3.63, 3.8) is 0 Å². The lowest BCUT2D eigenvalue weighted by atomic mass is 10.2. The van der Waals surface area contributed by atoms with Gasteiger partial charge in [0.25, 0.3) is 0 Å². The molecule has 2 rings (SSSR count). The Hall–Kier alpha value is -2.12. The van der Waals surface area contributed by atoms with Gasteiger partial charge in [-0.1, -0.05) is 12.1 Å². The van der Waals surface area contributed by atoms with E-state index in [1.165, 1.54) is 24.3 Å².